The van der Waals surface area contributed by atoms with Crippen molar-refractivity contribution < 1.29 is 17.9 Å². The fourth-order valence-corrected chi connectivity index (χ4v) is 7.34. The van der Waals surface area contributed by atoms with E-state index in [0.717, 1.165) is 36.1 Å². The number of methoxy groups -OCH3 is 1. The molecule has 0 saturated heterocycles. The Labute approximate surface area is 191 Å². The second kappa shape index (κ2) is 9.91. The Morgan fingerprint density at radius 2 is 2.00 bits per heavy atom. The summed E-state index contributed by atoms with van der Waals surface area (Å²) in [6.45, 7) is 1.03. The summed E-state index contributed by atoms with van der Waals surface area (Å²) in [7, 11) is -2.25. The Bertz CT molecular complexity index is 1010. The van der Waals surface area contributed by atoms with E-state index in [4.69, 9.17) is 4.74 Å². The average Bonchev–Trinajstić information content (AvgIpc) is 3.04. The third-order valence-electron chi connectivity index (χ3n) is 4.62. The number of nitrogens with one attached hydrogen (secondary N) is 2. The molecule has 0 bridgehead atoms. The number of fused-ring (bicyclic) bond motifs is 1. The maximum Gasteiger partial charge on any atom is 0.263 e. The highest BCUT2D eigenvalue weighted by Gasteiger charge is 2.28. The molecule has 0 saturated carbocycles. The van der Waals surface area contributed by atoms with Gasteiger partial charge in [-0.25, -0.2) is 8.42 Å². The first-order valence-corrected chi connectivity index (χ1v) is 13.1. The molecule has 1 amide bonds. The number of benzene rings is 1. The van der Waals surface area contributed by atoms with Crippen LogP contribution in [0.15, 0.2) is 32.0 Å². The largest absolute Gasteiger partial charge is 0.385 e. The van der Waals surface area contributed by atoms with Gasteiger partial charge in [0.1, 0.15) is 9.90 Å². The van der Waals surface area contributed by atoms with Crippen LogP contribution in [0.2, 0.25) is 0 Å². The van der Waals surface area contributed by atoms with E-state index < -0.39 is 10.0 Å². The maximum absolute atomic E-state index is 13.1. The Kier molecular flexibility index (Phi) is 7.77. The van der Waals surface area contributed by atoms with Crippen LogP contribution in [0, 0.1) is 0 Å². The average molecular weight is 566 g/mol. The molecule has 0 spiro atoms. The second-order valence-electron chi connectivity index (χ2n) is 6.70. The molecular formula is C19H22Br2N2O4S2. The number of ether oxygens (including phenoxy) is 1. The van der Waals surface area contributed by atoms with Crippen molar-refractivity contribution >= 4 is 64.1 Å². The van der Waals surface area contributed by atoms with Gasteiger partial charge in [0, 0.05) is 34.1 Å². The number of rotatable bonds is 8. The van der Waals surface area contributed by atoms with Crippen LogP contribution in [0.5, 0.6) is 0 Å². The van der Waals surface area contributed by atoms with Crippen LogP contribution < -0.4 is 10.0 Å². The van der Waals surface area contributed by atoms with Gasteiger partial charge < -0.3 is 10.1 Å². The van der Waals surface area contributed by atoms with E-state index in [-0.39, 0.29) is 10.8 Å². The summed E-state index contributed by atoms with van der Waals surface area (Å²) in [5, 5.41) is 3.28. The van der Waals surface area contributed by atoms with Gasteiger partial charge in [0.25, 0.3) is 15.9 Å². The van der Waals surface area contributed by atoms with E-state index in [0.29, 0.717) is 39.1 Å². The minimum absolute atomic E-state index is 0.115. The van der Waals surface area contributed by atoms with Gasteiger partial charge in [0.15, 0.2) is 0 Å². The molecule has 1 heterocycles. The summed E-state index contributed by atoms with van der Waals surface area (Å²) in [5.41, 5.74) is 1.42. The first-order valence-electron chi connectivity index (χ1n) is 9.23. The van der Waals surface area contributed by atoms with Crippen LogP contribution in [0.1, 0.15) is 40.1 Å². The molecule has 10 heteroatoms. The van der Waals surface area contributed by atoms with Gasteiger partial charge in [0.2, 0.25) is 0 Å². The fraction of sp³-hybridized carbons (Fsp3) is 0.421. The molecule has 0 fully saturated rings. The van der Waals surface area contributed by atoms with Gasteiger partial charge in [-0.3, -0.25) is 9.52 Å². The smallest absolute Gasteiger partial charge is 0.263 e. The lowest BCUT2D eigenvalue weighted by Gasteiger charge is -2.14. The normalized spacial score (nSPS) is 13.8. The number of hydrogen-bond acceptors (Lipinski definition) is 5. The molecule has 29 heavy (non-hydrogen) atoms. The zero-order chi connectivity index (χ0) is 21.0. The number of hydrogen-bond donors (Lipinski definition) is 2. The summed E-state index contributed by atoms with van der Waals surface area (Å²) >= 11 is 7.98. The van der Waals surface area contributed by atoms with Crippen molar-refractivity contribution in [1.82, 2.24) is 5.32 Å². The third-order valence-corrected chi connectivity index (χ3v) is 8.79. The number of halogens is 2. The lowest BCUT2D eigenvalue weighted by atomic mass is 9.95. The second-order valence-corrected chi connectivity index (χ2v) is 11.2. The van der Waals surface area contributed by atoms with Crippen molar-refractivity contribution in [2.45, 2.75) is 37.0 Å². The monoisotopic (exact) mass is 564 g/mol. The van der Waals surface area contributed by atoms with Crippen molar-refractivity contribution in [2.24, 2.45) is 0 Å². The van der Waals surface area contributed by atoms with Gasteiger partial charge in [0.05, 0.1) is 5.56 Å². The summed E-state index contributed by atoms with van der Waals surface area (Å²) < 4.78 is 34.9. The SMILES string of the molecule is COCCCNC(=O)c1c(NS(=O)(=O)c2cc(Br)ccc2Br)sc2c1CCCC2. The van der Waals surface area contributed by atoms with E-state index in [1.807, 2.05) is 0 Å². The van der Waals surface area contributed by atoms with Crippen molar-refractivity contribution in [3.63, 3.8) is 0 Å². The molecule has 3 rings (SSSR count). The van der Waals surface area contributed by atoms with Crippen molar-refractivity contribution in [3.05, 3.63) is 43.1 Å². The quantitative estimate of drug-likeness (QED) is 0.454. The Morgan fingerprint density at radius 3 is 2.76 bits per heavy atom. The molecule has 1 aromatic heterocycles. The predicted octanol–water partition coefficient (Wildman–Crippen LogP) is 4.72. The molecule has 1 aliphatic rings. The van der Waals surface area contributed by atoms with E-state index in [1.165, 1.54) is 17.4 Å². The topological polar surface area (TPSA) is 84.5 Å². The van der Waals surface area contributed by atoms with Gasteiger partial charge in [-0.2, -0.15) is 0 Å². The number of carbonyl (C=O) groups is 1. The molecule has 158 valence electrons. The van der Waals surface area contributed by atoms with E-state index in [2.05, 4.69) is 41.9 Å². The Hall–Kier alpha value is -0.940. The van der Waals surface area contributed by atoms with E-state index >= 15 is 0 Å². The maximum atomic E-state index is 13.1. The zero-order valence-corrected chi connectivity index (χ0v) is 20.7. The van der Waals surface area contributed by atoms with Crippen molar-refractivity contribution in [2.75, 3.05) is 25.0 Å². The molecule has 2 aromatic rings. The minimum atomic E-state index is -3.87. The van der Waals surface area contributed by atoms with Crippen molar-refractivity contribution in [3.8, 4) is 0 Å². The molecule has 0 atom stereocenters. The first-order chi connectivity index (χ1) is 13.8. The van der Waals surface area contributed by atoms with Crippen molar-refractivity contribution in [1.29, 1.82) is 0 Å². The molecule has 0 radical (unpaired) electrons. The molecular weight excluding hydrogens is 544 g/mol. The van der Waals surface area contributed by atoms with Gasteiger partial charge in [-0.1, -0.05) is 15.9 Å². The summed E-state index contributed by atoms with van der Waals surface area (Å²) in [5.74, 6) is -0.244. The summed E-state index contributed by atoms with van der Waals surface area (Å²) in [6, 6.07) is 4.96. The van der Waals surface area contributed by atoms with Gasteiger partial charge in [-0.15, -0.1) is 11.3 Å². The number of thiophene rings is 1. The van der Waals surface area contributed by atoms with E-state index in [1.54, 1.807) is 19.2 Å². The van der Waals surface area contributed by atoms with Crippen LogP contribution in [0.3, 0.4) is 0 Å². The van der Waals surface area contributed by atoms with Crippen LogP contribution in [-0.4, -0.2) is 34.6 Å². The van der Waals surface area contributed by atoms with E-state index in [9.17, 15) is 13.2 Å². The number of sulfonamides is 1. The standard InChI is InChI=1S/C19H22Br2N2O4S2/c1-27-10-4-9-22-18(24)17-13-5-2-3-6-15(13)28-19(17)23-29(25,26)16-11-12(20)7-8-14(16)21/h7-8,11,23H,2-6,9-10H2,1H3,(H,22,24). The van der Waals surface area contributed by atoms with Gasteiger partial charge in [-0.05, 0) is 71.8 Å². The molecule has 2 N–H and O–H groups in total. The van der Waals surface area contributed by atoms with Crippen LogP contribution >= 0.6 is 43.2 Å². The lowest BCUT2D eigenvalue weighted by Crippen LogP contribution is -2.27. The molecule has 1 aromatic carbocycles. The Balaban J connectivity index is 1.93. The fourth-order valence-electron chi connectivity index (χ4n) is 3.24. The highest BCUT2D eigenvalue weighted by Crippen LogP contribution is 2.39. The number of anilines is 1. The highest BCUT2D eigenvalue weighted by atomic mass is 79.9. The molecule has 1 aliphatic carbocycles. The van der Waals surface area contributed by atoms with Gasteiger partial charge >= 0.3 is 0 Å². The minimum Gasteiger partial charge on any atom is -0.385 e. The number of amides is 1. The van der Waals surface area contributed by atoms with Crippen LogP contribution in [-0.2, 0) is 27.6 Å². The number of carbonyl (C=O) groups excluding carboxylic acids is 1. The molecule has 6 nitrogen and oxygen atoms in total. The number of aryl methyl sites for hydroxylation is 1. The zero-order valence-electron chi connectivity index (χ0n) is 15.9. The summed E-state index contributed by atoms with van der Waals surface area (Å²) in [4.78, 5) is 14.1. The highest BCUT2D eigenvalue weighted by molar-refractivity contribution is 9.11. The Morgan fingerprint density at radius 1 is 1.24 bits per heavy atom. The predicted molar refractivity (Wildman–Crippen MR) is 122 cm³/mol. The van der Waals surface area contributed by atoms with Crippen LogP contribution in [0.4, 0.5) is 5.00 Å². The molecule has 0 aliphatic heterocycles. The van der Waals surface area contributed by atoms with Crippen LogP contribution in [0.25, 0.3) is 0 Å². The third kappa shape index (κ3) is 5.41. The first kappa shape index (κ1) is 22.7. The lowest BCUT2D eigenvalue weighted by molar-refractivity contribution is 0.0948. The summed E-state index contributed by atoms with van der Waals surface area (Å²) in [6.07, 6.45) is 4.39. The molecule has 0 unspecified atom stereocenters.